The van der Waals surface area contributed by atoms with E-state index in [1.54, 1.807) is 11.9 Å². The van der Waals surface area contributed by atoms with Gasteiger partial charge in [-0.2, -0.15) is 0 Å². The van der Waals surface area contributed by atoms with Gasteiger partial charge >= 0.3 is 6.09 Å². The molecule has 1 saturated carbocycles. The summed E-state index contributed by atoms with van der Waals surface area (Å²) >= 11 is 0. The van der Waals surface area contributed by atoms with Crippen molar-refractivity contribution in [1.29, 1.82) is 0 Å². The van der Waals surface area contributed by atoms with E-state index in [1.165, 1.54) is 31.7 Å². The second kappa shape index (κ2) is 11.9. The predicted octanol–water partition coefficient (Wildman–Crippen LogP) is 5.63. The van der Waals surface area contributed by atoms with E-state index >= 15 is 0 Å². The number of amides is 1. The number of carbonyl (C=O) groups excluding carboxylic acids is 1. The molecule has 0 atom stereocenters. The van der Waals surface area contributed by atoms with Gasteiger partial charge in [-0.1, -0.05) is 25.3 Å². The number of hydrogen-bond donors (Lipinski definition) is 0. The summed E-state index contributed by atoms with van der Waals surface area (Å²) in [4.78, 5) is 16.2. The minimum absolute atomic E-state index is 0.0215. The number of rotatable bonds is 10. The molecule has 29 heavy (non-hydrogen) atoms. The molecule has 0 saturated heterocycles. The van der Waals surface area contributed by atoms with Crippen LogP contribution >= 0.6 is 0 Å². The lowest BCUT2D eigenvalue weighted by atomic mass is 9.82. The molecule has 0 aliphatic heterocycles. The monoisotopic (exact) mass is 408 g/mol. The van der Waals surface area contributed by atoms with Crippen molar-refractivity contribution >= 4 is 6.09 Å². The molecule has 0 heterocycles. The zero-order valence-electron chi connectivity index (χ0n) is 17.7. The molecule has 0 bridgehead atoms. The van der Waals surface area contributed by atoms with E-state index in [4.69, 9.17) is 4.74 Å². The zero-order chi connectivity index (χ0) is 21.2. The smallest absolute Gasteiger partial charge is 0.410 e. The molecule has 4 nitrogen and oxygen atoms in total. The van der Waals surface area contributed by atoms with Crippen LogP contribution in [-0.2, 0) is 0 Å². The molecule has 162 valence electrons. The number of benzene rings is 1. The van der Waals surface area contributed by atoms with E-state index in [0.29, 0.717) is 0 Å². The maximum atomic E-state index is 13.3. The van der Waals surface area contributed by atoms with Crippen LogP contribution in [0.1, 0.15) is 51.4 Å². The number of halogens is 2. The first-order valence-electron chi connectivity index (χ1n) is 10.6. The maximum absolute atomic E-state index is 13.3. The van der Waals surface area contributed by atoms with Gasteiger partial charge in [0.2, 0.25) is 0 Å². The average Bonchev–Trinajstić information content (AvgIpc) is 2.70. The first-order valence-corrected chi connectivity index (χ1v) is 10.6. The highest BCUT2D eigenvalue weighted by atomic mass is 19.2. The van der Waals surface area contributed by atoms with Gasteiger partial charge in [-0.15, -0.1) is 6.58 Å². The number of carbonyl (C=O) groups is 1. The molecule has 2 rings (SSSR count). The van der Waals surface area contributed by atoms with Crippen LogP contribution in [0.5, 0.6) is 5.75 Å². The van der Waals surface area contributed by atoms with Gasteiger partial charge in [0.15, 0.2) is 11.6 Å². The summed E-state index contributed by atoms with van der Waals surface area (Å²) < 4.78 is 31.4. The highest BCUT2D eigenvalue weighted by molar-refractivity contribution is 5.70. The fourth-order valence-electron chi connectivity index (χ4n) is 3.99. The Bertz CT molecular complexity index is 660. The van der Waals surface area contributed by atoms with Crippen LogP contribution in [0.2, 0.25) is 0 Å². The van der Waals surface area contributed by atoms with Crippen molar-refractivity contribution in [3.63, 3.8) is 0 Å². The Labute approximate surface area is 173 Å². The lowest BCUT2D eigenvalue weighted by Gasteiger charge is -2.34. The molecule has 1 aliphatic rings. The third-order valence-electron chi connectivity index (χ3n) is 5.84. The van der Waals surface area contributed by atoms with E-state index < -0.39 is 17.7 Å². The van der Waals surface area contributed by atoms with Crippen molar-refractivity contribution in [2.75, 3.05) is 27.2 Å². The van der Waals surface area contributed by atoms with Crippen molar-refractivity contribution in [2.45, 2.75) is 57.4 Å². The largest absolute Gasteiger partial charge is 0.415 e. The van der Waals surface area contributed by atoms with Gasteiger partial charge in [0.05, 0.1) is 0 Å². The quantitative estimate of drug-likeness (QED) is 0.371. The molecule has 0 aromatic heterocycles. The summed E-state index contributed by atoms with van der Waals surface area (Å²) in [6.07, 6.45) is 10.5. The van der Waals surface area contributed by atoms with Crippen LogP contribution in [0.4, 0.5) is 13.6 Å². The van der Waals surface area contributed by atoms with Crippen LogP contribution in [0, 0.1) is 17.6 Å². The van der Waals surface area contributed by atoms with Crippen LogP contribution in [0.25, 0.3) is 0 Å². The molecule has 0 unspecified atom stereocenters. The summed E-state index contributed by atoms with van der Waals surface area (Å²) in [6, 6.07) is 3.25. The lowest BCUT2D eigenvalue weighted by Crippen LogP contribution is -2.41. The first kappa shape index (κ1) is 23.3. The van der Waals surface area contributed by atoms with Gasteiger partial charge in [-0.3, -0.25) is 0 Å². The third kappa shape index (κ3) is 7.77. The molecule has 6 heteroatoms. The summed E-state index contributed by atoms with van der Waals surface area (Å²) in [6.45, 7) is 5.82. The molecule has 1 aromatic rings. The van der Waals surface area contributed by atoms with Crippen molar-refractivity contribution in [1.82, 2.24) is 9.80 Å². The van der Waals surface area contributed by atoms with Crippen LogP contribution in [0.15, 0.2) is 30.9 Å². The van der Waals surface area contributed by atoms with Crippen LogP contribution in [-0.4, -0.2) is 49.1 Å². The summed E-state index contributed by atoms with van der Waals surface area (Å²) in [5.74, 6) is -1.23. The van der Waals surface area contributed by atoms with E-state index in [1.807, 2.05) is 6.08 Å². The molecule has 1 fully saturated rings. The Morgan fingerprint density at radius 1 is 1.14 bits per heavy atom. The summed E-state index contributed by atoms with van der Waals surface area (Å²) in [5, 5.41) is 0. The Kier molecular flexibility index (Phi) is 9.58. The number of ether oxygens (including phenoxy) is 1. The van der Waals surface area contributed by atoms with E-state index in [9.17, 15) is 13.6 Å². The van der Waals surface area contributed by atoms with Gasteiger partial charge in [-0.25, -0.2) is 13.6 Å². The number of likely N-dealkylation sites (N-methyl/N-ethyl adjacent to an activating group) is 1. The van der Waals surface area contributed by atoms with E-state index in [-0.39, 0.29) is 11.8 Å². The van der Waals surface area contributed by atoms with Gasteiger partial charge < -0.3 is 14.5 Å². The Morgan fingerprint density at radius 2 is 1.86 bits per heavy atom. The van der Waals surface area contributed by atoms with Crippen molar-refractivity contribution in [2.24, 2.45) is 5.92 Å². The van der Waals surface area contributed by atoms with E-state index in [2.05, 4.69) is 18.5 Å². The minimum Gasteiger partial charge on any atom is -0.410 e. The van der Waals surface area contributed by atoms with Crippen LogP contribution in [0.3, 0.4) is 0 Å². The van der Waals surface area contributed by atoms with Crippen molar-refractivity contribution < 1.29 is 18.3 Å². The predicted molar refractivity (Wildman–Crippen MR) is 112 cm³/mol. The van der Waals surface area contributed by atoms with E-state index in [0.717, 1.165) is 56.8 Å². The summed E-state index contributed by atoms with van der Waals surface area (Å²) in [7, 11) is 3.84. The molecule has 0 spiro atoms. The molecule has 1 aliphatic carbocycles. The Balaban J connectivity index is 1.65. The van der Waals surface area contributed by atoms with Gasteiger partial charge in [-0.05, 0) is 63.7 Å². The third-order valence-corrected chi connectivity index (χ3v) is 5.84. The zero-order valence-corrected chi connectivity index (χ0v) is 17.7. The van der Waals surface area contributed by atoms with Crippen molar-refractivity contribution in [3.8, 4) is 5.75 Å². The topological polar surface area (TPSA) is 32.8 Å². The molecule has 1 aromatic carbocycles. The number of nitrogens with zero attached hydrogens (tertiary/aromatic N) is 2. The standard InChI is InChI=1S/C23H34F2N2O2/c1-4-15-26(2)16-7-5-6-8-18-9-11-19(12-10-18)27(3)23(28)29-20-13-14-21(24)22(25)17-20/h4,13-14,17-19H,1,5-12,15-16H2,2-3H3/t18-,19-. The second-order valence-corrected chi connectivity index (χ2v) is 8.13. The minimum atomic E-state index is -1.02. The van der Waals surface area contributed by atoms with Crippen molar-refractivity contribution in [3.05, 3.63) is 42.5 Å². The Morgan fingerprint density at radius 3 is 2.52 bits per heavy atom. The highest BCUT2D eigenvalue weighted by Crippen LogP contribution is 2.31. The fourth-order valence-corrected chi connectivity index (χ4v) is 3.99. The second-order valence-electron chi connectivity index (χ2n) is 8.13. The maximum Gasteiger partial charge on any atom is 0.415 e. The molecule has 0 N–H and O–H groups in total. The normalized spacial score (nSPS) is 19.2. The SMILES string of the molecule is C=CCN(C)CCCCC[C@H]1CC[C@H](N(C)C(=O)Oc2ccc(F)c(F)c2)CC1. The Hall–Kier alpha value is -1.95. The molecular formula is C23H34F2N2O2. The van der Waals surface area contributed by atoms with Gasteiger partial charge in [0, 0.05) is 25.7 Å². The number of unbranched alkanes of at least 4 members (excludes halogenated alkanes) is 2. The van der Waals surface area contributed by atoms with Gasteiger partial charge in [0.1, 0.15) is 5.75 Å². The van der Waals surface area contributed by atoms with Crippen LogP contribution < -0.4 is 4.74 Å². The fraction of sp³-hybridized carbons (Fsp3) is 0.609. The molecule has 0 radical (unpaired) electrons. The molecule has 1 amide bonds. The van der Waals surface area contributed by atoms with Gasteiger partial charge in [0.25, 0.3) is 0 Å². The number of hydrogen-bond acceptors (Lipinski definition) is 3. The summed E-state index contributed by atoms with van der Waals surface area (Å²) in [5.41, 5.74) is 0. The first-order chi connectivity index (χ1) is 13.9. The lowest BCUT2D eigenvalue weighted by molar-refractivity contribution is 0.123. The highest BCUT2D eigenvalue weighted by Gasteiger charge is 2.27. The average molecular weight is 409 g/mol. The molecular weight excluding hydrogens is 374 g/mol.